The molecule has 152 valence electrons. The molecule has 1 aromatic carbocycles. The number of fused-ring (bicyclic) bond motifs is 1. The van der Waals surface area contributed by atoms with Gasteiger partial charge in [0.25, 0.3) is 5.56 Å². The number of benzene rings is 1. The average Bonchev–Trinajstić information content (AvgIpc) is 3.19. The number of nitrogens with zero attached hydrogens (tertiary/aromatic N) is 3. The van der Waals surface area contributed by atoms with Gasteiger partial charge in [0.05, 0.1) is 17.8 Å². The van der Waals surface area contributed by atoms with Gasteiger partial charge in [-0.25, -0.2) is 4.98 Å². The van der Waals surface area contributed by atoms with Crippen LogP contribution < -0.4 is 10.9 Å². The van der Waals surface area contributed by atoms with Gasteiger partial charge in [0.1, 0.15) is 4.83 Å². The van der Waals surface area contributed by atoms with Gasteiger partial charge in [-0.2, -0.15) is 0 Å². The summed E-state index contributed by atoms with van der Waals surface area (Å²) in [4.78, 5) is 34.6. The molecule has 0 aliphatic rings. The van der Waals surface area contributed by atoms with Crippen LogP contribution in [0.5, 0.6) is 0 Å². The van der Waals surface area contributed by atoms with Gasteiger partial charge in [-0.1, -0.05) is 29.8 Å². The fourth-order valence-electron chi connectivity index (χ4n) is 3.34. The Morgan fingerprint density at radius 3 is 2.63 bits per heavy atom. The van der Waals surface area contributed by atoms with Crippen LogP contribution in [-0.4, -0.2) is 20.4 Å². The van der Waals surface area contributed by atoms with Crippen LogP contribution in [0.15, 0.2) is 65.3 Å². The zero-order valence-electron chi connectivity index (χ0n) is 16.8. The smallest absolute Gasteiger partial charge is 0.262 e. The van der Waals surface area contributed by atoms with Gasteiger partial charge in [-0.05, 0) is 37.1 Å². The lowest BCUT2D eigenvalue weighted by atomic mass is 10.1. The number of pyridine rings is 1. The molecule has 0 aliphatic heterocycles. The van der Waals surface area contributed by atoms with Crippen LogP contribution in [0.1, 0.15) is 30.5 Å². The molecule has 0 fully saturated rings. The monoisotopic (exact) mass is 418 g/mol. The van der Waals surface area contributed by atoms with Crippen molar-refractivity contribution >= 4 is 27.5 Å². The van der Waals surface area contributed by atoms with Gasteiger partial charge >= 0.3 is 0 Å². The van der Waals surface area contributed by atoms with Crippen molar-refractivity contribution in [3.05, 3.63) is 82.0 Å². The summed E-state index contributed by atoms with van der Waals surface area (Å²) in [6.07, 6.45) is 5.13. The van der Waals surface area contributed by atoms with Gasteiger partial charge in [-0.3, -0.25) is 19.1 Å². The molecular formula is C23H22N4O2S. The Kier molecular flexibility index (Phi) is 5.72. The summed E-state index contributed by atoms with van der Waals surface area (Å²) >= 11 is 1.46. The van der Waals surface area contributed by atoms with E-state index in [1.54, 1.807) is 12.4 Å². The van der Waals surface area contributed by atoms with Crippen molar-refractivity contribution in [3.63, 3.8) is 0 Å². The van der Waals surface area contributed by atoms with Crippen molar-refractivity contribution in [2.45, 2.75) is 32.9 Å². The summed E-state index contributed by atoms with van der Waals surface area (Å²) in [5.41, 5.74) is 3.91. The van der Waals surface area contributed by atoms with Crippen LogP contribution in [0.3, 0.4) is 0 Å². The Bertz CT molecular complexity index is 1230. The van der Waals surface area contributed by atoms with E-state index >= 15 is 0 Å². The number of aryl methyl sites for hydroxylation is 2. The summed E-state index contributed by atoms with van der Waals surface area (Å²) < 4.78 is 1.52. The number of carbonyl (C=O) groups excluding carboxylic acids is 1. The zero-order valence-corrected chi connectivity index (χ0v) is 17.6. The van der Waals surface area contributed by atoms with Crippen LogP contribution in [0.2, 0.25) is 0 Å². The molecule has 4 rings (SSSR count). The van der Waals surface area contributed by atoms with Gasteiger partial charge < -0.3 is 5.32 Å². The van der Waals surface area contributed by atoms with Gasteiger partial charge in [-0.15, -0.1) is 11.3 Å². The van der Waals surface area contributed by atoms with E-state index in [0.717, 1.165) is 16.7 Å². The quantitative estimate of drug-likeness (QED) is 0.512. The van der Waals surface area contributed by atoms with Gasteiger partial charge in [0.15, 0.2) is 0 Å². The lowest BCUT2D eigenvalue weighted by molar-refractivity contribution is -0.121. The molecule has 3 aromatic heterocycles. The van der Waals surface area contributed by atoms with E-state index in [4.69, 9.17) is 0 Å². The maximum atomic E-state index is 13.1. The van der Waals surface area contributed by atoms with Crippen LogP contribution in [0, 0.1) is 6.92 Å². The molecule has 6 nitrogen and oxygen atoms in total. The second kappa shape index (κ2) is 8.59. The first kappa shape index (κ1) is 20.0. The van der Waals surface area contributed by atoms with E-state index in [-0.39, 0.29) is 30.5 Å². The van der Waals surface area contributed by atoms with Crippen molar-refractivity contribution < 1.29 is 4.79 Å². The number of nitrogens with one attached hydrogen (secondary N) is 1. The van der Waals surface area contributed by atoms with Crippen LogP contribution in [-0.2, 0) is 11.3 Å². The fourth-order valence-corrected chi connectivity index (χ4v) is 4.25. The van der Waals surface area contributed by atoms with Crippen LogP contribution >= 0.6 is 11.3 Å². The molecule has 4 aromatic rings. The third-order valence-corrected chi connectivity index (χ3v) is 5.97. The standard InChI is InChI=1S/C23H22N4O2S/c1-15-3-5-18(6-4-15)19-13-30-22-21(19)23(29)27(14-25-22)12-9-20(28)26-16(2)17-7-10-24-11-8-17/h3-8,10-11,13-14,16H,9,12H2,1-2H3,(H,26,28). The molecule has 0 bridgehead atoms. The predicted molar refractivity (Wildman–Crippen MR) is 119 cm³/mol. The van der Waals surface area contributed by atoms with Crippen LogP contribution in [0.25, 0.3) is 21.3 Å². The first-order valence-corrected chi connectivity index (χ1v) is 10.6. The number of rotatable bonds is 6. The number of carbonyl (C=O) groups is 1. The minimum atomic E-state index is -0.122. The molecule has 1 atom stereocenters. The predicted octanol–water partition coefficient (Wildman–Crippen LogP) is 4.10. The number of hydrogen-bond acceptors (Lipinski definition) is 5. The maximum absolute atomic E-state index is 13.1. The molecule has 0 radical (unpaired) electrons. The van der Waals surface area contributed by atoms with Crippen molar-refractivity contribution in [3.8, 4) is 11.1 Å². The topological polar surface area (TPSA) is 76.9 Å². The minimum absolute atomic E-state index is 0.115. The summed E-state index contributed by atoms with van der Waals surface area (Å²) in [7, 11) is 0. The van der Waals surface area contributed by atoms with E-state index in [1.165, 1.54) is 27.8 Å². The highest BCUT2D eigenvalue weighted by Gasteiger charge is 2.15. The first-order chi connectivity index (χ1) is 14.5. The lowest BCUT2D eigenvalue weighted by Gasteiger charge is -2.14. The summed E-state index contributed by atoms with van der Waals surface area (Å²) in [5, 5.41) is 5.54. The van der Waals surface area contributed by atoms with Gasteiger partial charge in [0.2, 0.25) is 5.91 Å². The lowest BCUT2D eigenvalue weighted by Crippen LogP contribution is -2.29. The van der Waals surface area contributed by atoms with Crippen molar-refractivity contribution in [2.24, 2.45) is 0 Å². The molecule has 0 spiro atoms. The van der Waals surface area contributed by atoms with E-state index in [9.17, 15) is 9.59 Å². The zero-order chi connectivity index (χ0) is 21.1. The average molecular weight is 419 g/mol. The SMILES string of the molecule is Cc1ccc(-c2csc3ncn(CCC(=O)NC(C)c4ccncc4)c(=O)c23)cc1. The second-order valence-corrected chi connectivity index (χ2v) is 8.12. The highest BCUT2D eigenvalue weighted by atomic mass is 32.1. The van der Waals surface area contributed by atoms with Crippen LogP contribution in [0.4, 0.5) is 0 Å². The first-order valence-electron chi connectivity index (χ1n) is 9.76. The largest absolute Gasteiger partial charge is 0.350 e. The van der Waals surface area contributed by atoms with Crippen molar-refractivity contribution in [2.75, 3.05) is 0 Å². The van der Waals surface area contributed by atoms with E-state index < -0.39 is 0 Å². The summed E-state index contributed by atoms with van der Waals surface area (Å²) in [6, 6.07) is 11.7. The fraction of sp³-hybridized carbons (Fsp3) is 0.217. The van der Waals surface area contributed by atoms with E-state index in [2.05, 4.69) is 15.3 Å². The molecule has 30 heavy (non-hydrogen) atoms. The highest BCUT2D eigenvalue weighted by Crippen LogP contribution is 2.30. The third-order valence-electron chi connectivity index (χ3n) is 5.09. The molecule has 7 heteroatoms. The molecular weight excluding hydrogens is 396 g/mol. The Labute approximate surface area is 178 Å². The third kappa shape index (κ3) is 4.16. The number of aromatic nitrogens is 3. The van der Waals surface area contributed by atoms with Crippen molar-refractivity contribution in [1.29, 1.82) is 0 Å². The molecule has 0 aliphatic carbocycles. The number of hydrogen-bond donors (Lipinski definition) is 1. The Morgan fingerprint density at radius 1 is 1.17 bits per heavy atom. The molecule has 1 N–H and O–H groups in total. The Morgan fingerprint density at radius 2 is 1.90 bits per heavy atom. The number of amides is 1. The van der Waals surface area contributed by atoms with Crippen molar-refractivity contribution in [1.82, 2.24) is 19.9 Å². The number of thiophene rings is 1. The van der Waals surface area contributed by atoms with Gasteiger partial charge in [0, 0.05) is 36.3 Å². The van der Waals surface area contributed by atoms with E-state index in [0.29, 0.717) is 10.2 Å². The molecule has 3 heterocycles. The second-order valence-electron chi connectivity index (χ2n) is 7.26. The molecule has 1 unspecified atom stereocenters. The Balaban J connectivity index is 1.51. The molecule has 1 amide bonds. The normalized spacial score (nSPS) is 12.1. The summed E-state index contributed by atoms with van der Waals surface area (Å²) in [5.74, 6) is -0.115. The minimum Gasteiger partial charge on any atom is -0.350 e. The molecule has 0 saturated heterocycles. The molecule has 0 saturated carbocycles. The maximum Gasteiger partial charge on any atom is 0.262 e. The highest BCUT2D eigenvalue weighted by molar-refractivity contribution is 7.17. The Hall–Kier alpha value is -3.32. The van der Waals surface area contributed by atoms with E-state index in [1.807, 2.05) is 55.6 Å². The summed E-state index contributed by atoms with van der Waals surface area (Å²) in [6.45, 7) is 4.23.